The van der Waals surface area contributed by atoms with Gasteiger partial charge in [-0.1, -0.05) is 11.2 Å². The van der Waals surface area contributed by atoms with Crippen molar-refractivity contribution in [1.29, 1.82) is 0 Å². The Morgan fingerprint density at radius 3 is 2.82 bits per heavy atom. The van der Waals surface area contributed by atoms with Gasteiger partial charge in [-0.15, -0.1) is 0 Å². The van der Waals surface area contributed by atoms with Gasteiger partial charge in [0.2, 0.25) is 0 Å². The number of aromatic amines is 1. The molecule has 3 aromatic heterocycles. The lowest BCUT2D eigenvalue weighted by molar-refractivity contribution is 0.434. The first-order chi connectivity index (χ1) is 8.36. The second-order valence-corrected chi connectivity index (χ2v) is 3.46. The Balaban J connectivity index is 2.20. The molecule has 0 amide bonds. The number of aromatic nitrogens is 4. The first kappa shape index (κ1) is 9.59. The van der Waals surface area contributed by atoms with Crippen molar-refractivity contribution < 1.29 is 4.52 Å². The lowest BCUT2D eigenvalue weighted by Gasteiger charge is -1.99. The first-order valence-corrected chi connectivity index (χ1v) is 5.02. The number of hydrogen-bond acceptors (Lipinski definition) is 5. The maximum absolute atomic E-state index is 5.80. The van der Waals surface area contributed by atoms with Crippen LogP contribution in [0.1, 0.15) is 0 Å². The van der Waals surface area contributed by atoms with Gasteiger partial charge >= 0.3 is 0 Å². The summed E-state index contributed by atoms with van der Waals surface area (Å²) in [6.45, 7) is 0. The number of pyridine rings is 1. The van der Waals surface area contributed by atoms with Gasteiger partial charge in [-0.05, 0) is 18.2 Å². The molecule has 3 heterocycles. The molecule has 0 unspecified atom stereocenters. The number of nitrogens with two attached hydrogens (primary N) is 1. The summed E-state index contributed by atoms with van der Waals surface area (Å²) < 4.78 is 5.21. The number of anilines is 1. The second kappa shape index (κ2) is 3.75. The van der Waals surface area contributed by atoms with Crippen LogP contribution in [0.3, 0.4) is 0 Å². The third-order valence-electron chi connectivity index (χ3n) is 2.38. The SMILES string of the molecule is Nc1noc(-c2ccn[nH]2)c1-c1ccccn1. The average molecular weight is 227 g/mol. The van der Waals surface area contributed by atoms with E-state index in [0.29, 0.717) is 17.1 Å². The zero-order valence-corrected chi connectivity index (χ0v) is 8.79. The van der Waals surface area contributed by atoms with Crippen LogP contribution in [0.2, 0.25) is 0 Å². The van der Waals surface area contributed by atoms with Gasteiger partial charge in [-0.2, -0.15) is 5.10 Å². The van der Waals surface area contributed by atoms with E-state index in [9.17, 15) is 0 Å². The van der Waals surface area contributed by atoms with E-state index in [-0.39, 0.29) is 0 Å². The molecule has 0 saturated carbocycles. The van der Waals surface area contributed by atoms with Crippen LogP contribution in [0.5, 0.6) is 0 Å². The Bertz CT molecular complexity index is 615. The molecule has 0 atom stereocenters. The third kappa shape index (κ3) is 1.55. The minimum Gasteiger partial charge on any atom is -0.380 e. The number of H-pyrrole nitrogens is 1. The third-order valence-corrected chi connectivity index (χ3v) is 2.38. The quantitative estimate of drug-likeness (QED) is 0.695. The zero-order chi connectivity index (χ0) is 11.7. The molecule has 6 heteroatoms. The highest BCUT2D eigenvalue weighted by Gasteiger charge is 2.19. The highest BCUT2D eigenvalue weighted by atomic mass is 16.5. The van der Waals surface area contributed by atoms with Crippen molar-refractivity contribution in [3.8, 4) is 22.7 Å². The molecule has 0 aliphatic carbocycles. The van der Waals surface area contributed by atoms with Gasteiger partial charge in [-0.25, -0.2) is 0 Å². The van der Waals surface area contributed by atoms with Gasteiger partial charge in [0.1, 0.15) is 5.69 Å². The molecular weight excluding hydrogens is 218 g/mol. The van der Waals surface area contributed by atoms with E-state index in [2.05, 4.69) is 20.3 Å². The summed E-state index contributed by atoms with van der Waals surface area (Å²) in [4.78, 5) is 4.24. The Morgan fingerprint density at radius 1 is 1.18 bits per heavy atom. The highest BCUT2D eigenvalue weighted by Crippen LogP contribution is 2.33. The van der Waals surface area contributed by atoms with Crippen LogP contribution in [-0.4, -0.2) is 20.3 Å². The van der Waals surface area contributed by atoms with E-state index < -0.39 is 0 Å². The summed E-state index contributed by atoms with van der Waals surface area (Å²) >= 11 is 0. The van der Waals surface area contributed by atoms with E-state index in [1.54, 1.807) is 18.5 Å². The van der Waals surface area contributed by atoms with Gasteiger partial charge < -0.3 is 10.3 Å². The highest BCUT2D eigenvalue weighted by molar-refractivity contribution is 5.83. The van der Waals surface area contributed by atoms with Gasteiger partial charge in [-0.3, -0.25) is 10.1 Å². The molecule has 0 saturated heterocycles. The molecule has 3 aromatic rings. The van der Waals surface area contributed by atoms with Crippen molar-refractivity contribution in [2.24, 2.45) is 0 Å². The molecule has 0 spiro atoms. The number of rotatable bonds is 2. The fraction of sp³-hybridized carbons (Fsp3) is 0. The van der Waals surface area contributed by atoms with E-state index in [4.69, 9.17) is 10.3 Å². The standard InChI is InChI=1S/C11H9N5O/c12-11-9(7-3-1-2-5-13-7)10(17-16-11)8-4-6-14-15-8/h1-6H,(H2,12,16)(H,14,15). The predicted octanol–water partition coefficient (Wildman–Crippen LogP) is 1.71. The Hall–Kier alpha value is -2.63. The minimum absolute atomic E-state index is 0.313. The summed E-state index contributed by atoms with van der Waals surface area (Å²) in [7, 11) is 0. The number of nitrogens with one attached hydrogen (secondary N) is 1. The van der Waals surface area contributed by atoms with Crippen LogP contribution in [0.15, 0.2) is 41.2 Å². The van der Waals surface area contributed by atoms with Crippen LogP contribution in [0.25, 0.3) is 22.7 Å². The maximum Gasteiger partial charge on any atom is 0.196 e. The predicted molar refractivity (Wildman–Crippen MR) is 61.7 cm³/mol. The van der Waals surface area contributed by atoms with E-state index in [0.717, 1.165) is 11.4 Å². The van der Waals surface area contributed by atoms with Crippen molar-refractivity contribution in [3.63, 3.8) is 0 Å². The van der Waals surface area contributed by atoms with Crippen molar-refractivity contribution in [1.82, 2.24) is 20.3 Å². The Labute approximate surface area is 96.5 Å². The Kier molecular flexibility index (Phi) is 2.11. The van der Waals surface area contributed by atoms with E-state index in [1.165, 1.54) is 0 Å². The normalized spacial score (nSPS) is 10.6. The van der Waals surface area contributed by atoms with Crippen molar-refractivity contribution in [2.75, 3.05) is 5.73 Å². The first-order valence-electron chi connectivity index (χ1n) is 5.02. The molecule has 0 bridgehead atoms. The molecule has 0 fully saturated rings. The molecule has 0 radical (unpaired) electrons. The van der Waals surface area contributed by atoms with Crippen LogP contribution >= 0.6 is 0 Å². The molecular formula is C11H9N5O. The fourth-order valence-corrected chi connectivity index (χ4v) is 1.63. The van der Waals surface area contributed by atoms with Gasteiger partial charge in [0.05, 0.1) is 11.3 Å². The summed E-state index contributed by atoms with van der Waals surface area (Å²) in [5, 5.41) is 10.4. The molecule has 0 aliphatic heterocycles. The van der Waals surface area contributed by atoms with Crippen LogP contribution < -0.4 is 5.73 Å². The van der Waals surface area contributed by atoms with Crippen molar-refractivity contribution in [2.45, 2.75) is 0 Å². The lowest BCUT2D eigenvalue weighted by atomic mass is 10.1. The number of hydrogen-bond donors (Lipinski definition) is 2. The summed E-state index contributed by atoms with van der Waals surface area (Å²) in [5.74, 6) is 0.854. The van der Waals surface area contributed by atoms with Crippen LogP contribution in [0.4, 0.5) is 5.82 Å². The van der Waals surface area contributed by atoms with Gasteiger partial charge in [0.15, 0.2) is 11.6 Å². The van der Waals surface area contributed by atoms with Gasteiger partial charge in [0.25, 0.3) is 0 Å². The van der Waals surface area contributed by atoms with Crippen molar-refractivity contribution in [3.05, 3.63) is 36.7 Å². The van der Waals surface area contributed by atoms with Crippen molar-refractivity contribution >= 4 is 5.82 Å². The van der Waals surface area contributed by atoms with Gasteiger partial charge in [0, 0.05) is 12.4 Å². The van der Waals surface area contributed by atoms with Crippen LogP contribution in [-0.2, 0) is 0 Å². The summed E-state index contributed by atoms with van der Waals surface area (Å²) in [6.07, 6.45) is 3.33. The Morgan fingerprint density at radius 2 is 2.12 bits per heavy atom. The topological polar surface area (TPSA) is 93.6 Å². The lowest BCUT2D eigenvalue weighted by Crippen LogP contribution is -1.90. The monoisotopic (exact) mass is 227 g/mol. The largest absolute Gasteiger partial charge is 0.380 e. The molecule has 0 aromatic carbocycles. The van der Waals surface area contributed by atoms with E-state index >= 15 is 0 Å². The number of nitrogen functional groups attached to an aromatic ring is 1. The fourth-order valence-electron chi connectivity index (χ4n) is 1.63. The van der Waals surface area contributed by atoms with E-state index in [1.807, 2.05) is 18.2 Å². The molecule has 84 valence electrons. The molecule has 17 heavy (non-hydrogen) atoms. The number of nitrogens with zero attached hydrogens (tertiary/aromatic N) is 3. The zero-order valence-electron chi connectivity index (χ0n) is 8.79. The van der Waals surface area contributed by atoms with Crippen LogP contribution in [0, 0.1) is 0 Å². The maximum atomic E-state index is 5.80. The minimum atomic E-state index is 0.313. The summed E-state index contributed by atoms with van der Waals surface area (Å²) in [5.41, 5.74) is 7.91. The second-order valence-electron chi connectivity index (χ2n) is 3.46. The molecule has 6 nitrogen and oxygen atoms in total. The molecule has 3 N–H and O–H groups in total. The summed E-state index contributed by atoms with van der Waals surface area (Å²) in [6, 6.07) is 7.35. The smallest absolute Gasteiger partial charge is 0.196 e. The average Bonchev–Trinajstić information content (AvgIpc) is 2.98. The molecule has 3 rings (SSSR count). The molecule has 0 aliphatic rings.